The zero-order chi connectivity index (χ0) is 22.2. The van der Waals surface area contributed by atoms with E-state index in [-0.39, 0.29) is 11.9 Å². The second-order valence-electron chi connectivity index (χ2n) is 8.11. The molecule has 0 bridgehead atoms. The lowest BCUT2D eigenvalue weighted by Crippen LogP contribution is -2.54. The van der Waals surface area contributed by atoms with Crippen LogP contribution in [-0.2, 0) is 0 Å². The lowest BCUT2D eigenvalue weighted by atomic mass is 10.0. The molecule has 4 aromatic rings. The Bertz CT molecular complexity index is 1300. The second kappa shape index (κ2) is 8.33. The van der Waals surface area contributed by atoms with Crippen molar-refractivity contribution < 1.29 is 9.53 Å². The van der Waals surface area contributed by atoms with Gasteiger partial charge in [-0.05, 0) is 44.2 Å². The van der Waals surface area contributed by atoms with Crippen LogP contribution in [0.25, 0.3) is 21.1 Å². The molecule has 0 unspecified atom stereocenters. The first-order valence-corrected chi connectivity index (χ1v) is 11.4. The Hall–Kier alpha value is -3.30. The summed E-state index contributed by atoms with van der Waals surface area (Å²) in [5.74, 6) is -0.237. The van der Waals surface area contributed by atoms with Gasteiger partial charge < -0.3 is 20.3 Å². The first-order valence-electron chi connectivity index (χ1n) is 10.5. The topological polar surface area (TPSA) is 92.3 Å². The van der Waals surface area contributed by atoms with Gasteiger partial charge in [-0.1, -0.05) is 0 Å². The van der Waals surface area contributed by atoms with E-state index >= 15 is 0 Å². The minimum absolute atomic E-state index is 0.231. The van der Waals surface area contributed by atoms with Crippen LogP contribution in [0.1, 0.15) is 24.2 Å². The first kappa shape index (κ1) is 20.6. The van der Waals surface area contributed by atoms with Gasteiger partial charge >= 0.3 is 6.01 Å². The molecule has 2 aromatic heterocycles. The number of piperazine rings is 1. The summed E-state index contributed by atoms with van der Waals surface area (Å²) in [6.07, 6.45) is 1.74. The van der Waals surface area contributed by atoms with E-state index < -0.39 is 0 Å². The number of carbonyl (C=O) groups is 1. The van der Waals surface area contributed by atoms with E-state index in [0.29, 0.717) is 28.9 Å². The molecular formula is C23H24N6O2S. The van der Waals surface area contributed by atoms with Crippen molar-refractivity contribution in [2.45, 2.75) is 25.9 Å². The number of ether oxygens (including phenoxy) is 1. The number of nitrogens with zero attached hydrogens (tertiary/aromatic N) is 4. The highest BCUT2D eigenvalue weighted by molar-refractivity contribution is 7.16. The number of fused-ring (bicyclic) bond motifs is 2. The molecule has 0 radical (unpaired) electrons. The average Bonchev–Trinajstić information content (AvgIpc) is 3.25. The molecule has 1 aliphatic rings. The lowest BCUT2D eigenvalue weighted by molar-refractivity contribution is 0.102. The maximum atomic E-state index is 13.2. The SMILES string of the molecule is COc1ncc2c(N3C[C@@H](C)N[C@@H](C)C3)ccc(C(=O)Nc3ccc4scnc4c3)c2n1. The van der Waals surface area contributed by atoms with Crippen molar-refractivity contribution in [3.8, 4) is 6.01 Å². The molecule has 0 aliphatic carbocycles. The van der Waals surface area contributed by atoms with Crippen LogP contribution >= 0.6 is 11.3 Å². The summed E-state index contributed by atoms with van der Waals surface area (Å²) in [4.78, 5) is 28.7. The van der Waals surface area contributed by atoms with Crippen molar-refractivity contribution in [3.05, 3.63) is 47.6 Å². The van der Waals surface area contributed by atoms with Crippen LogP contribution in [0.2, 0.25) is 0 Å². The molecule has 2 N–H and O–H groups in total. The van der Waals surface area contributed by atoms with Gasteiger partial charge in [0.15, 0.2) is 0 Å². The Labute approximate surface area is 189 Å². The molecule has 0 spiro atoms. The Morgan fingerprint density at radius 1 is 1.19 bits per heavy atom. The molecule has 1 fully saturated rings. The number of carbonyl (C=O) groups excluding carboxylic acids is 1. The van der Waals surface area contributed by atoms with E-state index in [1.165, 1.54) is 7.11 Å². The molecular weight excluding hydrogens is 424 g/mol. The van der Waals surface area contributed by atoms with Gasteiger partial charge in [-0.25, -0.2) is 9.97 Å². The van der Waals surface area contributed by atoms with E-state index in [1.54, 1.807) is 23.0 Å². The smallest absolute Gasteiger partial charge is 0.316 e. The van der Waals surface area contributed by atoms with Crippen molar-refractivity contribution >= 4 is 49.7 Å². The van der Waals surface area contributed by atoms with Gasteiger partial charge in [-0.15, -0.1) is 11.3 Å². The Kier molecular flexibility index (Phi) is 5.36. The number of rotatable bonds is 4. The molecule has 2 aromatic carbocycles. The summed E-state index contributed by atoms with van der Waals surface area (Å²) in [5, 5.41) is 7.36. The zero-order valence-electron chi connectivity index (χ0n) is 18.1. The van der Waals surface area contributed by atoms with Crippen molar-refractivity contribution in [1.82, 2.24) is 20.3 Å². The van der Waals surface area contributed by atoms with Crippen LogP contribution in [-0.4, -0.2) is 53.1 Å². The molecule has 0 saturated carbocycles. The minimum atomic E-state index is -0.237. The molecule has 9 heteroatoms. The van der Waals surface area contributed by atoms with Crippen molar-refractivity contribution in [1.29, 1.82) is 0 Å². The van der Waals surface area contributed by atoms with Gasteiger partial charge in [0.2, 0.25) is 0 Å². The van der Waals surface area contributed by atoms with E-state index in [1.807, 2.05) is 30.3 Å². The summed E-state index contributed by atoms with van der Waals surface area (Å²) in [5.41, 5.74) is 5.40. The number of hydrogen-bond donors (Lipinski definition) is 2. The molecule has 1 amide bonds. The second-order valence-corrected chi connectivity index (χ2v) is 9.00. The quantitative estimate of drug-likeness (QED) is 0.492. The summed E-state index contributed by atoms with van der Waals surface area (Å²) in [6.45, 7) is 6.08. The number of thiazole rings is 1. The fourth-order valence-electron chi connectivity index (χ4n) is 4.30. The lowest BCUT2D eigenvalue weighted by Gasteiger charge is -2.38. The molecule has 1 aliphatic heterocycles. The normalized spacial score (nSPS) is 18.8. The summed E-state index contributed by atoms with van der Waals surface area (Å²) in [7, 11) is 1.52. The predicted octanol–water partition coefficient (Wildman–Crippen LogP) is 3.69. The molecule has 164 valence electrons. The number of benzene rings is 2. The fraction of sp³-hybridized carbons (Fsp3) is 0.304. The highest BCUT2D eigenvalue weighted by Crippen LogP contribution is 2.31. The first-order chi connectivity index (χ1) is 15.5. The third kappa shape index (κ3) is 3.85. The van der Waals surface area contributed by atoms with Gasteiger partial charge in [0.25, 0.3) is 5.91 Å². The Balaban J connectivity index is 1.54. The van der Waals surface area contributed by atoms with Gasteiger partial charge in [0.05, 0.1) is 33.9 Å². The van der Waals surface area contributed by atoms with E-state index in [2.05, 4.69) is 44.3 Å². The van der Waals surface area contributed by atoms with Crippen LogP contribution in [0.3, 0.4) is 0 Å². The molecule has 2 atom stereocenters. The monoisotopic (exact) mass is 448 g/mol. The number of aromatic nitrogens is 3. The van der Waals surface area contributed by atoms with Crippen LogP contribution in [0, 0.1) is 0 Å². The van der Waals surface area contributed by atoms with Crippen molar-refractivity contribution in [2.75, 3.05) is 30.4 Å². The largest absolute Gasteiger partial charge is 0.467 e. The molecule has 3 heterocycles. The summed E-state index contributed by atoms with van der Waals surface area (Å²) >= 11 is 1.57. The van der Waals surface area contributed by atoms with Gasteiger partial charge in [0, 0.05) is 48.1 Å². The maximum Gasteiger partial charge on any atom is 0.316 e. The summed E-state index contributed by atoms with van der Waals surface area (Å²) < 4.78 is 6.33. The fourth-order valence-corrected chi connectivity index (χ4v) is 4.96. The highest BCUT2D eigenvalue weighted by Gasteiger charge is 2.24. The average molecular weight is 449 g/mol. The standard InChI is InChI=1S/C23H24N6O2S/c1-13-10-29(11-14(2)26-13)19-6-5-16(21-17(19)9-24-23(28-21)31-3)22(30)27-15-4-7-20-18(8-15)25-12-32-20/h4-9,12-14,26H,10-11H2,1-3H3,(H,27,30)/t13-,14+. The van der Waals surface area contributed by atoms with Crippen LogP contribution in [0.15, 0.2) is 42.0 Å². The van der Waals surface area contributed by atoms with Gasteiger partial charge in [-0.3, -0.25) is 4.79 Å². The number of hydrogen-bond acceptors (Lipinski definition) is 8. The predicted molar refractivity (Wildman–Crippen MR) is 128 cm³/mol. The number of methoxy groups -OCH3 is 1. The Morgan fingerprint density at radius 3 is 2.78 bits per heavy atom. The van der Waals surface area contributed by atoms with Gasteiger partial charge in [0.1, 0.15) is 0 Å². The van der Waals surface area contributed by atoms with E-state index in [9.17, 15) is 4.79 Å². The third-order valence-electron chi connectivity index (χ3n) is 5.62. The maximum absolute atomic E-state index is 13.2. The molecule has 5 rings (SSSR count). The van der Waals surface area contributed by atoms with E-state index in [0.717, 1.165) is 34.4 Å². The summed E-state index contributed by atoms with van der Waals surface area (Å²) in [6, 6.07) is 10.5. The van der Waals surface area contributed by atoms with Crippen LogP contribution in [0.4, 0.5) is 11.4 Å². The van der Waals surface area contributed by atoms with Crippen LogP contribution in [0.5, 0.6) is 6.01 Å². The molecule has 8 nitrogen and oxygen atoms in total. The number of nitrogens with one attached hydrogen (secondary N) is 2. The van der Waals surface area contributed by atoms with Gasteiger partial charge in [-0.2, -0.15) is 4.98 Å². The van der Waals surface area contributed by atoms with E-state index in [4.69, 9.17) is 4.74 Å². The van der Waals surface area contributed by atoms with Crippen molar-refractivity contribution in [2.24, 2.45) is 0 Å². The Morgan fingerprint density at radius 2 is 2.00 bits per heavy atom. The molecule has 32 heavy (non-hydrogen) atoms. The highest BCUT2D eigenvalue weighted by atomic mass is 32.1. The van der Waals surface area contributed by atoms with Crippen LogP contribution < -0.4 is 20.3 Å². The van der Waals surface area contributed by atoms with Crippen molar-refractivity contribution in [3.63, 3.8) is 0 Å². The zero-order valence-corrected chi connectivity index (χ0v) is 18.9. The number of amides is 1. The minimum Gasteiger partial charge on any atom is -0.467 e. The molecule has 1 saturated heterocycles. The number of anilines is 2. The third-order valence-corrected chi connectivity index (χ3v) is 6.43.